The van der Waals surface area contributed by atoms with Crippen LogP contribution in [0.5, 0.6) is 17.4 Å². The van der Waals surface area contributed by atoms with Crippen LogP contribution in [0.25, 0.3) is 10.9 Å². The molecule has 4 aromatic rings. The van der Waals surface area contributed by atoms with Crippen molar-refractivity contribution in [3.63, 3.8) is 0 Å². The van der Waals surface area contributed by atoms with Crippen molar-refractivity contribution in [3.8, 4) is 17.4 Å². The average molecular weight is 537 g/mol. The molecule has 1 aromatic heterocycles. The third-order valence-corrected chi connectivity index (χ3v) is 6.33. The minimum Gasteiger partial charge on any atom is -0.497 e. The Labute approximate surface area is 221 Å². The van der Waals surface area contributed by atoms with E-state index in [1.165, 1.54) is 18.5 Å². The number of hydrogen-bond donors (Lipinski definition) is 0. The van der Waals surface area contributed by atoms with Crippen molar-refractivity contribution >= 4 is 34.2 Å². The Morgan fingerprint density at radius 2 is 1.72 bits per heavy atom. The lowest BCUT2D eigenvalue weighted by Gasteiger charge is -2.22. The molecule has 200 valence electrons. The van der Waals surface area contributed by atoms with Gasteiger partial charge >= 0.3 is 12.2 Å². The maximum Gasteiger partial charge on any atom is 0.416 e. The normalized spacial score (nSPS) is 14.0. The van der Waals surface area contributed by atoms with Gasteiger partial charge in [0.1, 0.15) is 24.4 Å². The molecule has 0 radical (unpaired) electrons. The highest BCUT2D eigenvalue weighted by Crippen LogP contribution is 2.38. The van der Waals surface area contributed by atoms with E-state index >= 15 is 0 Å². The minimum absolute atomic E-state index is 0.0102. The molecule has 0 spiro atoms. The first kappa shape index (κ1) is 26.0. The van der Waals surface area contributed by atoms with Gasteiger partial charge in [0.2, 0.25) is 5.88 Å². The van der Waals surface area contributed by atoms with Gasteiger partial charge in [0, 0.05) is 11.8 Å². The highest BCUT2D eigenvalue weighted by molar-refractivity contribution is 6.27. The molecule has 0 aliphatic carbocycles. The van der Waals surface area contributed by atoms with Crippen LogP contribution >= 0.6 is 0 Å². The first-order chi connectivity index (χ1) is 18.6. The molecule has 11 heteroatoms. The Bertz CT molecular complexity index is 1590. The maximum atomic E-state index is 13.3. The summed E-state index contributed by atoms with van der Waals surface area (Å²) in [6.07, 6.45) is -3.21. The van der Waals surface area contributed by atoms with Crippen molar-refractivity contribution in [2.75, 3.05) is 23.5 Å². The Balaban J connectivity index is 1.47. The summed E-state index contributed by atoms with van der Waals surface area (Å²) < 4.78 is 51.0. The number of fused-ring (bicyclic) bond motifs is 1. The van der Waals surface area contributed by atoms with Gasteiger partial charge in [-0.3, -0.25) is 9.69 Å². The summed E-state index contributed by atoms with van der Waals surface area (Å²) in [5.74, 6) is 0.695. The molecule has 8 nitrogen and oxygen atoms in total. The van der Waals surface area contributed by atoms with Crippen LogP contribution in [0.15, 0.2) is 67.0 Å². The second-order valence-electron chi connectivity index (χ2n) is 9.19. The monoisotopic (exact) mass is 536 g/mol. The van der Waals surface area contributed by atoms with E-state index < -0.39 is 23.7 Å². The molecular weight excluding hydrogens is 513 g/mol. The summed E-state index contributed by atoms with van der Waals surface area (Å²) in [5.41, 5.74) is 0.685. The van der Waals surface area contributed by atoms with Crippen LogP contribution < -0.4 is 19.3 Å². The van der Waals surface area contributed by atoms with E-state index in [4.69, 9.17) is 9.47 Å². The zero-order chi connectivity index (χ0) is 27.9. The second-order valence-corrected chi connectivity index (χ2v) is 9.19. The van der Waals surface area contributed by atoms with E-state index in [9.17, 15) is 22.8 Å². The van der Waals surface area contributed by atoms with Crippen molar-refractivity contribution in [1.29, 1.82) is 0 Å². The van der Waals surface area contributed by atoms with Gasteiger partial charge in [0.15, 0.2) is 0 Å². The lowest BCUT2D eigenvalue weighted by Crippen LogP contribution is -2.33. The fourth-order valence-electron chi connectivity index (χ4n) is 4.38. The van der Waals surface area contributed by atoms with Crippen molar-refractivity contribution in [1.82, 2.24) is 9.97 Å². The van der Waals surface area contributed by atoms with Gasteiger partial charge in [0.25, 0.3) is 5.91 Å². The molecule has 0 N–H and O–H groups in total. The number of alkyl halides is 3. The molecule has 1 fully saturated rings. The van der Waals surface area contributed by atoms with Gasteiger partial charge in [-0.2, -0.15) is 13.2 Å². The summed E-state index contributed by atoms with van der Waals surface area (Å²) >= 11 is 0. The number of ether oxygens (including phenoxy) is 2. The summed E-state index contributed by atoms with van der Waals surface area (Å²) in [5, 5.41) is 0.662. The standard InChI is InChI=1S/C28H23F3N4O4/c1-16(2)22-12-20(39-26-21-9-7-19(38-3)13-23(21)32-15-33-26)8-10-24(22)35-25(36)14-34(27(35)37)18-6-4-5-17(11-18)28(29,30)31/h4-13,15-16H,14H2,1-3H3. The molecule has 0 bridgehead atoms. The molecule has 1 aliphatic heterocycles. The summed E-state index contributed by atoms with van der Waals surface area (Å²) in [4.78, 5) is 36.8. The lowest BCUT2D eigenvalue weighted by molar-refractivity contribution is -0.137. The quantitative estimate of drug-likeness (QED) is 0.260. The number of anilines is 2. The minimum atomic E-state index is -4.58. The summed E-state index contributed by atoms with van der Waals surface area (Å²) in [7, 11) is 1.56. The molecule has 1 aliphatic rings. The van der Waals surface area contributed by atoms with E-state index in [0.717, 1.165) is 21.9 Å². The average Bonchev–Trinajstić information content (AvgIpc) is 3.21. The second kappa shape index (κ2) is 9.90. The molecule has 0 saturated carbocycles. The number of rotatable bonds is 6. The highest BCUT2D eigenvalue weighted by Gasteiger charge is 2.40. The van der Waals surface area contributed by atoms with Gasteiger partial charge in [-0.05, 0) is 60.0 Å². The smallest absolute Gasteiger partial charge is 0.416 e. The number of amides is 3. The Morgan fingerprint density at radius 1 is 0.949 bits per heavy atom. The number of carbonyl (C=O) groups excluding carboxylic acids is 2. The lowest BCUT2D eigenvalue weighted by atomic mass is 10.00. The third-order valence-electron chi connectivity index (χ3n) is 6.33. The number of aromatic nitrogens is 2. The predicted molar refractivity (Wildman–Crippen MR) is 138 cm³/mol. The molecule has 1 saturated heterocycles. The van der Waals surface area contributed by atoms with E-state index in [1.807, 2.05) is 13.8 Å². The van der Waals surface area contributed by atoms with Crippen molar-refractivity contribution in [2.24, 2.45) is 0 Å². The predicted octanol–water partition coefficient (Wildman–Crippen LogP) is 6.55. The number of benzene rings is 3. The molecule has 0 atom stereocenters. The van der Waals surface area contributed by atoms with E-state index in [0.29, 0.717) is 39.5 Å². The maximum absolute atomic E-state index is 13.3. The van der Waals surface area contributed by atoms with Crippen LogP contribution in [0.3, 0.4) is 0 Å². The summed E-state index contributed by atoms with van der Waals surface area (Å²) in [6.45, 7) is 3.40. The number of imide groups is 1. The Kier molecular flexibility index (Phi) is 6.59. The SMILES string of the molecule is COc1ccc2c(Oc3ccc(N4C(=O)CN(c5cccc(C(F)(F)F)c5)C4=O)c(C(C)C)c3)ncnc2c1. The van der Waals surface area contributed by atoms with Gasteiger partial charge in [-0.15, -0.1) is 0 Å². The number of halogens is 3. The molecular formula is C28H23F3N4O4. The van der Waals surface area contributed by atoms with Crippen LogP contribution in [-0.2, 0) is 11.0 Å². The Morgan fingerprint density at radius 3 is 2.44 bits per heavy atom. The van der Waals surface area contributed by atoms with Gasteiger partial charge in [0.05, 0.1) is 29.3 Å². The molecule has 2 heterocycles. The highest BCUT2D eigenvalue weighted by atomic mass is 19.4. The fraction of sp³-hybridized carbons (Fsp3) is 0.214. The number of nitrogens with zero attached hydrogens (tertiary/aromatic N) is 4. The van der Waals surface area contributed by atoms with E-state index in [1.54, 1.807) is 43.5 Å². The van der Waals surface area contributed by atoms with Gasteiger partial charge in [-0.25, -0.2) is 19.7 Å². The zero-order valence-electron chi connectivity index (χ0n) is 21.2. The number of methoxy groups -OCH3 is 1. The van der Waals surface area contributed by atoms with Crippen molar-refractivity contribution in [3.05, 3.63) is 78.1 Å². The molecule has 3 aromatic carbocycles. The van der Waals surface area contributed by atoms with Gasteiger partial charge < -0.3 is 9.47 Å². The Hall–Kier alpha value is -4.67. The first-order valence-corrected chi connectivity index (χ1v) is 12.0. The van der Waals surface area contributed by atoms with E-state index in [2.05, 4.69) is 9.97 Å². The van der Waals surface area contributed by atoms with Crippen LogP contribution in [0.4, 0.5) is 29.3 Å². The topological polar surface area (TPSA) is 84.9 Å². The molecule has 39 heavy (non-hydrogen) atoms. The molecule has 5 rings (SSSR count). The van der Waals surface area contributed by atoms with Crippen molar-refractivity contribution < 1.29 is 32.2 Å². The number of carbonyl (C=O) groups is 2. The third kappa shape index (κ3) is 4.95. The summed E-state index contributed by atoms with van der Waals surface area (Å²) in [6, 6.07) is 13.8. The van der Waals surface area contributed by atoms with E-state index in [-0.39, 0.29) is 18.2 Å². The molecule has 3 amide bonds. The number of hydrogen-bond acceptors (Lipinski definition) is 6. The first-order valence-electron chi connectivity index (χ1n) is 12.0. The van der Waals surface area contributed by atoms with Crippen LogP contribution in [0.2, 0.25) is 0 Å². The van der Waals surface area contributed by atoms with Gasteiger partial charge in [-0.1, -0.05) is 19.9 Å². The largest absolute Gasteiger partial charge is 0.497 e. The number of urea groups is 1. The van der Waals surface area contributed by atoms with Crippen LogP contribution in [0, 0.1) is 0 Å². The van der Waals surface area contributed by atoms with Crippen LogP contribution in [0.1, 0.15) is 30.9 Å². The fourth-order valence-corrected chi connectivity index (χ4v) is 4.38. The van der Waals surface area contributed by atoms with Crippen LogP contribution in [-0.4, -0.2) is 35.6 Å². The van der Waals surface area contributed by atoms with Crippen molar-refractivity contribution in [2.45, 2.75) is 25.9 Å². The molecule has 0 unspecified atom stereocenters. The zero-order valence-corrected chi connectivity index (χ0v) is 21.2.